The molecule has 0 radical (unpaired) electrons. The summed E-state index contributed by atoms with van der Waals surface area (Å²) in [6.45, 7) is 7.69. The van der Waals surface area contributed by atoms with Gasteiger partial charge >= 0.3 is 0 Å². The molecule has 0 aliphatic heterocycles. The summed E-state index contributed by atoms with van der Waals surface area (Å²) in [5.41, 5.74) is 3.11. The molecule has 1 unspecified atom stereocenters. The first-order valence-corrected chi connectivity index (χ1v) is 12.6. The van der Waals surface area contributed by atoms with Crippen molar-refractivity contribution < 1.29 is 18.0 Å². The zero-order valence-corrected chi connectivity index (χ0v) is 20.3. The number of nitrogens with one attached hydrogen (secondary N) is 1. The Morgan fingerprint density at radius 1 is 1.03 bits per heavy atom. The van der Waals surface area contributed by atoms with Crippen LogP contribution < -0.4 is 9.62 Å². The van der Waals surface area contributed by atoms with Gasteiger partial charge in [0.15, 0.2) is 0 Å². The lowest BCUT2D eigenvalue weighted by Crippen LogP contribution is -2.52. The van der Waals surface area contributed by atoms with Crippen LogP contribution in [-0.2, 0) is 26.2 Å². The van der Waals surface area contributed by atoms with Crippen molar-refractivity contribution in [2.24, 2.45) is 0 Å². The molecule has 1 atom stereocenters. The van der Waals surface area contributed by atoms with Crippen molar-refractivity contribution in [3.05, 3.63) is 65.2 Å². The molecule has 0 aliphatic rings. The minimum Gasteiger partial charge on any atom is -0.355 e. The molecule has 2 rings (SSSR count). The first-order chi connectivity index (χ1) is 15.1. The third kappa shape index (κ3) is 6.56. The highest BCUT2D eigenvalue weighted by Crippen LogP contribution is 2.23. The molecule has 8 heteroatoms. The third-order valence-electron chi connectivity index (χ3n) is 5.24. The highest BCUT2D eigenvalue weighted by atomic mass is 32.2. The molecule has 0 fully saturated rings. The Morgan fingerprint density at radius 3 is 2.28 bits per heavy atom. The van der Waals surface area contributed by atoms with E-state index in [0.29, 0.717) is 18.7 Å². The lowest BCUT2D eigenvalue weighted by atomic mass is 10.1. The molecule has 0 aliphatic carbocycles. The number of anilines is 1. The van der Waals surface area contributed by atoms with Gasteiger partial charge in [-0.1, -0.05) is 55.0 Å². The molecule has 0 saturated carbocycles. The second-order valence-electron chi connectivity index (χ2n) is 7.89. The Bertz CT molecular complexity index is 1050. The predicted molar refractivity (Wildman–Crippen MR) is 128 cm³/mol. The van der Waals surface area contributed by atoms with Crippen LogP contribution >= 0.6 is 0 Å². The van der Waals surface area contributed by atoms with Gasteiger partial charge in [-0.15, -0.1) is 0 Å². The van der Waals surface area contributed by atoms with Gasteiger partial charge in [0, 0.05) is 13.1 Å². The lowest BCUT2D eigenvalue weighted by molar-refractivity contribution is -0.140. The maximum absolute atomic E-state index is 13.5. The van der Waals surface area contributed by atoms with Gasteiger partial charge in [-0.3, -0.25) is 13.9 Å². The summed E-state index contributed by atoms with van der Waals surface area (Å²) in [5.74, 6) is -0.684. The fourth-order valence-electron chi connectivity index (χ4n) is 3.66. The minimum atomic E-state index is -3.73. The van der Waals surface area contributed by atoms with Crippen LogP contribution in [0.1, 0.15) is 37.0 Å². The number of para-hydroxylation sites is 1. The largest absolute Gasteiger partial charge is 0.355 e. The van der Waals surface area contributed by atoms with E-state index in [4.69, 9.17) is 0 Å². The zero-order valence-electron chi connectivity index (χ0n) is 19.5. The van der Waals surface area contributed by atoms with Crippen LogP contribution in [0.4, 0.5) is 5.69 Å². The number of amides is 2. The van der Waals surface area contributed by atoms with E-state index in [2.05, 4.69) is 5.32 Å². The summed E-state index contributed by atoms with van der Waals surface area (Å²) in [6.07, 6.45) is 1.49. The Labute approximate surface area is 191 Å². The predicted octanol–water partition coefficient (Wildman–Crippen LogP) is 3.01. The maximum Gasteiger partial charge on any atom is 0.244 e. The van der Waals surface area contributed by atoms with Crippen LogP contribution in [0.3, 0.4) is 0 Å². The van der Waals surface area contributed by atoms with Gasteiger partial charge in [-0.25, -0.2) is 8.42 Å². The van der Waals surface area contributed by atoms with E-state index in [1.807, 2.05) is 51.1 Å². The third-order valence-corrected chi connectivity index (χ3v) is 6.36. The molecule has 174 valence electrons. The van der Waals surface area contributed by atoms with Crippen LogP contribution in [0.25, 0.3) is 0 Å². The molecular weight excluding hydrogens is 426 g/mol. The molecule has 1 N–H and O–H groups in total. The molecule has 0 bridgehead atoms. The second-order valence-corrected chi connectivity index (χ2v) is 9.79. The number of likely N-dealkylation sites (N-methyl/N-ethyl adjacent to an activating group) is 1. The first kappa shape index (κ1) is 25.4. The molecular formula is C24H33N3O4S. The van der Waals surface area contributed by atoms with E-state index in [1.54, 1.807) is 25.1 Å². The average molecular weight is 460 g/mol. The minimum absolute atomic E-state index is 0.210. The normalized spacial score (nSPS) is 12.2. The number of carbonyl (C=O) groups is 2. The summed E-state index contributed by atoms with van der Waals surface area (Å²) < 4.78 is 26.3. The number of hydrogen-bond acceptors (Lipinski definition) is 4. The summed E-state index contributed by atoms with van der Waals surface area (Å²) >= 11 is 0. The molecule has 7 nitrogen and oxygen atoms in total. The monoisotopic (exact) mass is 459 g/mol. The Morgan fingerprint density at radius 2 is 1.72 bits per heavy atom. The molecule has 2 aromatic rings. The Kier molecular flexibility index (Phi) is 8.83. The second kappa shape index (κ2) is 11.1. The van der Waals surface area contributed by atoms with Crippen molar-refractivity contribution in [1.82, 2.24) is 10.2 Å². The lowest BCUT2D eigenvalue weighted by Gasteiger charge is -2.33. The molecule has 2 amide bonds. The van der Waals surface area contributed by atoms with Gasteiger partial charge in [0.05, 0.1) is 11.9 Å². The van der Waals surface area contributed by atoms with E-state index in [1.165, 1.54) is 4.90 Å². The van der Waals surface area contributed by atoms with Crippen LogP contribution in [0.5, 0.6) is 0 Å². The number of nitrogens with zero attached hydrogens (tertiary/aromatic N) is 2. The van der Waals surface area contributed by atoms with Crippen molar-refractivity contribution in [1.29, 1.82) is 0 Å². The molecule has 0 heterocycles. The number of carbonyl (C=O) groups excluding carboxylic acids is 2. The molecule has 0 aromatic heterocycles. The smallest absolute Gasteiger partial charge is 0.244 e. The number of aryl methyl sites for hydroxylation is 2. The SMILES string of the molecule is CCNC(=O)C(CC)N(Cc1cccc(C)c1)C(=O)CN(c1ccccc1C)S(C)(=O)=O. The molecule has 32 heavy (non-hydrogen) atoms. The topological polar surface area (TPSA) is 86.8 Å². The van der Waals surface area contributed by atoms with Gasteiger partial charge in [0.1, 0.15) is 12.6 Å². The van der Waals surface area contributed by atoms with E-state index < -0.39 is 22.0 Å². The Balaban J connectivity index is 2.45. The van der Waals surface area contributed by atoms with Gasteiger partial charge < -0.3 is 10.2 Å². The zero-order chi connectivity index (χ0) is 23.9. The van der Waals surface area contributed by atoms with Gasteiger partial charge in [0.2, 0.25) is 21.8 Å². The fourth-order valence-corrected chi connectivity index (χ4v) is 4.56. The number of benzene rings is 2. The summed E-state index contributed by atoms with van der Waals surface area (Å²) in [4.78, 5) is 27.8. The summed E-state index contributed by atoms with van der Waals surface area (Å²) in [6, 6.07) is 14.0. The standard InChI is InChI=1S/C24H33N3O4S/c1-6-21(24(29)25-7-2)26(16-20-13-10-11-18(3)15-20)23(28)17-27(32(5,30)31)22-14-9-8-12-19(22)4/h8-15,21H,6-7,16-17H2,1-5H3,(H,25,29). The van der Waals surface area contributed by atoms with Gasteiger partial charge in [-0.05, 0) is 44.4 Å². The van der Waals surface area contributed by atoms with Crippen molar-refractivity contribution in [2.45, 2.75) is 46.7 Å². The maximum atomic E-state index is 13.5. The first-order valence-electron chi connectivity index (χ1n) is 10.7. The van der Waals surface area contributed by atoms with E-state index in [9.17, 15) is 18.0 Å². The van der Waals surface area contributed by atoms with Crippen molar-refractivity contribution in [3.8, 4) is 0 Å². The quantitative estimate of drug-likeness (QED) is 0.592. The number of hydrogen-bond donors (Lipinski definition) is 1. The Hall–Kier alpha value is -2.87. The highest BCUT2D eigenvalue weighted by Gasteiger charge is 2.31. The van der Waals surface area contributed by atoms with Crippen molar-refractivity contribution >= 4 is 27.5 Å². The van der Waals surface area contributed by atoms with E-state index in [0.717, 1.165) is 27.3 Å². The highest BCUT2D eigenvalue weighted by molar-refractivity contribution is 7.92. The van der Waals surface area contributed by atoms with Gasteiger partial charge in [0.25, 0.3) is 0 Å². The van der Waals surface area contributed by atoms with Crippen LogP contribution in [-0.4, -0.2) is 50.5 Å². The summed E-state index contributed by atoms with van der Waals surface area (Å²) in [7, 11) is -3.73. The molecule has 0 spiro atoms. The molecule has 2 aromatic carbocycles. The fraction of sp³-hybridized carbons (Fsp3) is 0.417. The van der Waals surface area contributed by atoms with Crippen molar-refractivity contribution in [2.75, 3.05) is 23.7 Å². The van der Waals surface area contributed by atoms with Crippen LogP contribution in [0, 0.1) is 13.8 Å². The average Bonchev–Trinajstić information content (AvgIpc) is 2.72. The van der Waals surface area contributed by atoms with Gasteiger partial charge in [-0.2, -0.15) is 0 Å². The summed E-state index contributed by atoms with van der Waals surface area (Å²) in [5, 5.41) is 2.79. The van der Waals surface area contributed by atoms with Crippen LogP contribution in [0.2, 0.25) is 0 Å². The number of rotatable bonds is 10. The van der Waals surface area contributed by atoms with Crippen molar-refractivity contribution in [3.63, 3.8) is 0 Å². The van der Waals surface area contributed by atoms with E-state index in [-0.39, 0.29) is 19.0 Å². The van der Waals surface area contributed by atoms with Crippen LogP contribution in [0.15, 0.2) is 48.5 Å². The number of sulfonamides is 1. The van der Waals surface area contributed by atoms with E-state index >= 15 is 0 Å². The molecule has 0 saturated heterocycles.